The average Bonchev–Trinajstić information content (AvgIpc) is 2.53. The Morgan fingerprint density at radius 2 is 1.96 bits per heavy atom. The fourth-order valence-corrected chi connectivity index (χ4v) is 2.69. The summed E-state index contributed by atoms with van der Waals surface area (Å²) >= 11 is 3.40. The molecule has 0 bridgehead atoms. The van der Waals surface area contributed by atoms with Gasteiger partial charge in [0.1, 0.15) is 0 Å². The third-order valence-electron chi connectivity index (χ3n) is 3.98. The Labute approximate surface area is 149 Å². The van der Waals surface area contributed by atoms with Crippen molar-refractivity contribution in [1.29, 1.82) is 0 Å². The number of nitrogens with zero attached hydrogens (tertiary/aromatic N) is 1. The van der Waals surface area contributed by atoms with Gasteiger partial charge in [-0.05, 0) is 45.4 Å². The molecule has 1 aromatic carbocycles. The maximum atomic E-state index is 12.4. The van der Waals surface area contributed by atoms with Gasteiger partial charge in [0, 0.05) is 29.0 Å². The molecule has 0 aliphatic rings. The second kappa shape index (κ2) is 10.6. The molecule has 0 saturated heterocycles. The Kier molecular flexibility index (Phi) is 9.12. The number of hydrogen-bond acceptors (Lipinski definition) is 2. The molecule has 1 atom stereocenters. The first-order valence-electron chi connectivity index (χ1n) is 8.19. The summed E-state index contributed by atoms with van der Waals surface area (Å²) in [6.45, 7) is 9.80. The van der Waals surface area contributed by atoms with E-state index in [1.807, 2.05) is 37.3 Å². The van der Waals surface area contributed by atoms with Crippen LogP contribution in [0.3, 0.4) is 0 Å². The summed E-state index contributed by atoms with van der Waals surface area (Å²) in [7, 11) is 2.09. The first kappa shape index (κ1) is 19.9. The van der Waals surface area contributed by atoms with E-state index in [1.165, 1.54) is 5.57 Å². The summed E-state index contributed by atoms with van der Waals surface area (Å²) < 4.78 is 1.00. The predicted molar refractivity (Wildman–Crippen MR) is 103 cm³/mol. The first-order valence-corrected chi connectivity index (χ1v) is 8.98. The Hall–Kier alpha value is -1.19. The highest BCUT2D eigenvalue weighted by molar-refractivity contribution is 9.10. The van der Waals surface area contributed by atoms with Crippen LogP contribution in [0, 0.1) is 5.92 Å². The average molecular weight is 378 g/mol. The van der Waals surface area contributed by atoms with Crippen molar-refractivity contribution in [2.24, 2.45) is 5.92 Å². The molecule has 0 unspecified atom stereocenters. The fourth-order valence-electron chi connectivity index (χ4n) is 2.43. The molecule has 126 valence electrons. The lowest BCUT2D eigenvalue weighted by atomic mass is 9.93. The number of likely N-dealkylation sites (N-methyl/N-ethyl adjacent to an activating group) is 1. The normalized spacial score (nSPS) is 13.2. The van der Waals surface area contributed by atoms with Crippen LogP contribution in [0.15, 0.2) is 53.0 Å². The van der Waals surface area contributed by atoms with E-state index in [0.29, 0.717) is 0 Å². The highest BCUT2D eigenvalue weighted by Crippen LogP contribution is 2.18. The van der Waals surface area contributed by atoms with Crippen LogP contribution in [0.5, 0.6) is 0 Å². The zero-order chi connectivity index (χ0) is 17.2. The molecular formula is C20H28BrNO. The second-order valence-corrected chi connectivity index (χ2v) is 7.14. The number of benzene rings is 1. The first-order chi connectivity index (χ1) is 10.9. The zero-order valence-electron chi connectivity index (χ0n) is 14.5. The lowest BCUT2D eigenvalue weighted by molar-refractivity contribution is 0.0923. The van der Waals surface area contributed by atoms with Crippen LogP contribution in [0.2, 0.25) is 0 Å². The molecule has 0 fully saturated rings. The van der Waals surface area contributed by atoms with Gasteiger partial charge >= 0.3 is 0 Å². The summed E-state index contributed by atoms with van der Waals surface area (Å²) in [6.07, 6.45) is 7.22. The van der Waals surface area contributed by atoms with Crippen molar-refractivity contribution in [2.75, 3.05) is 20.1 Å². The van der Waals surface area contributed by atoms with Gasteiger partial charge in [0.25, 0.3) is 0 Å². The minimum atomic E-state index is 0.0763. The van der Waals surface area contributed by atoms with E-state index in [4.69, 9.17) is 0 Å². The molecule has 23 heavy (non-hydrogen) atoms. The van der Waals surface area contributed by atoms with Gasteiger partial charge in [0.2, 0.25) is 0 Å². The molecule has 0 saturated carbocycles. The van der Waals surface area contributed by atoms with Crippen molar-refractivity contribution in [1.82, 2.24) is 4.90 Å². The van der Waals surface area contributed by atoms with Gasteiger partial charge in [0.15, 0.2) is 5.78 Å². The van der Waals surface area contributed by atoms with E-state index < -0.39 is 0 Å². The molecule has 0 heterocycles. The lowest BCUT2D eigenvalue weighted by Crippen LogP contribution is -2.18. The maximum absolute atomic E-state index is 12.4. The molecule has 0 aliphatic heterocycles. The van der Waals surface area contributed by atoms with Crippen LogP contribution in [-0.2, 0) is 0 Å². The number of carbonyl (C=O) groups excluding carboxylic acids is 1. The van der Waals surface area contributed by atoms with Crippen LogP contribution >= 0.6 is 15.9 Å². The third-order valence-corrected chi connectivity index (χ3v) is 4.51. The van der Waals surface area contributed by atoms with Crippen LogP contribution in [0.1, 0.15) is 43.5 Å². The topological polar surface area (TPSA) is 20.3 Å². The Morgan fingerprint density at radius 3 is 2.57 bits per heavy atom. The van der Waals surface area contributed by atoms with Gasteiger partial charge in [0.05, 0.1) is 0 Å². The van der Waals surface area contributed by atoms with E-state index in [1.54, 1.807) is 0 Å². The largest absolute Gasteiger partial charge is 0.299 e. The molecule has 0 N–H and O–H groups in total. The van der Waals surface area contributed by atoms with Crippen molar-refractivity contribution >= 4 is 21.7 Å². The fraction of sp³-hybridized carbons (Fsp3) is 0.450. The molecule has 0 aliphatic carbocycles. The van der Waals surface area contributed by atoms with Gasteiger partial charge in [-0.1, -0.05) is 52.7 Å². The quantitative estimate of drug-likeness (QED) is 0.396. The van der Waals surface area contributed by atoms with Crippen molar-refractivity contribution in [3.63, 3.8) is 0 Å². The van der Waals surface area contributed by atoms with E-state index >= 15 is 0 Å². The Morgan fingerprint density at radius 1 is 1.30 bits per heavy atom. The van der Waals surface area contributed by atoms with E-state index in [9.17, 15) is 4.79 Å². The number of allylic oxidation sites excluding steroid dienone is 1. The predicted octanol–water partition coefficient (Wildman–Crippen LogP) is 5.50. The van der Waals surface area contributed by atoms with Crippen LogP contribution in [-0.4, -0.2) is 30.8 Å². The lowest BCUT2D eigenvalue weighted by Gasteiger charge is -2.13. The van der Waals surface area contributed by atoms with Gasteiger partial charge in [-0.15, -0.1) is 6.58 Å². The smallest absolute Gasteiger partial charge is 0.165 e. The molecule has 3 heteroatoms. The van der Waals surface area contributed by atoms with Crippen LogP contribution in [0.4, 0.5) is 0 Å². The SMILES string of the molecule is C=CCN(C)C/C=C(\C)CCC[C@H](C)C(=O)c1ccc(Br)cc1. The number of hydrogen-bond donors (Lipinski definition) is 0. The molecular weight excluding hydrogens is 350 g/mol. The van der Waals surface area contributed by atoms with Crippen molar-refractivity contribution in [2.45, 2.75) is 33.1 Å². The molecule has 2 nitrogen and oxygen atoms in total. The monoisotopic (exact) mass is 377 g/mol. The second-order valence-electron chi connectivity index (χ2n) is 6.22. The van der Waals surface area contributed by atoms with E-state index in [2.05, 4.69) is 47.5 Å². The summed E-state index contributed by atoms with van der Waals surface area (Å²) in [4.78, 5) is 14.6. The maximum Gasteiger partial charge on any atom is 0.165 e. The minimum absolute atomic E-state index is 0.0763. The summed E-state index contributed by atoms with van der Waals surface area (Å²) in [6, 6.07) is 7.63. The molecule has 0 aromatic heterocycles. The van der Waals surface area contributed by atoms with E-state index in [-0.39, 0.29) is 11.7 Å². The summed E-state index contributed by atoms with van der Waals surface area (Å²) in [5.41, 5.74) is 2.20. The Balaban J connectivity index is 2.36. The zero-order valence-corrected chi connectivity index (χ0v) is 16.1. The van der Waals surface area contributed by atoms with Gasteiger partial charge in [-0.2, -0.15) is 0 Å². The number of rotatable bonds is 10. The number of ketones is 1. The van der Waals surface area contributed by atoms with Crippen molar-refractivity contribution in [3.05, 3.63) is 58.6 Å². The molecule has 0 radical (unpaired) electrons. The van der Waals surface area contributed by atoms with Crippen molar-refractivity contribution < 1.29 is 4.79 Å². The summed E-state index contributed by atoms with van der Waals surface area (Å²) in [5, 5.41) is 0. The van der Waals surface area contributed by atoms with Gasteiger partial charge in [-0.3, -0.25) is 9.69 Å². The molecule has 1 aromatic rings. The van der Waals surface area contributed by atoms with Crippen LogP contribution < -0.4 is 0 Å². The standard InChI is InChI=1S/C20H28BrNO/c1-5-14-22(4)15-13-16(2)7-6-8-17(3)20(23)18-9-11-19(21)12-10-18/h5,9-13,17H,1,6-8,14-15H2,2-4H3/b16-13+/t17-/m0/s1. The molecule has 0 amide bonds. The molecule has 1 rings (SSSR count). The molecule has 0 spiro atoms. The highest BCUT2D eigenvalue weighted by Gasteiger charge is 2.14. The Bertz CT molecular complexity index is 533. The van der Waals surface area contributed by atoms with Crippen LogP contribution in [0.25, 0.3) is 0 Å². The van der Waals surface area contributed by atoms with Gasteiger partial charge < -0.3 is 0 Å². The van der Waals surface area contributed by atoms with Crippen molar-refractivity contribution in [3.8, 4) is 0 Å². The number of carbonyl (C=O) groups is 1. The number of halogens is 1. The third kappa shape index (κ3) is 7.76. The minimum Gasteiger partial charge on any atom is -0.299 e. The van der Waals surface area contributed by atoms with Gasteiger partial charge in [-0.25, -0.2) is 0 Å². The highest BCUT2D eigenvalue weighted by atomic mass is 79.9. The number of Topliss-reactive ketones (excluding diaryl/α,β-unsaturated/α-hetero) is 1. The van der Waals surface area contributed by atoms with E-state index in [0.717, 1.165) is 42.4 Å². The summed E-state index contributed by atoms with van der Waals surface area (Å²) in [5.74, 6) is 0.317.